The number of aromatic nitrogens is 1. The Labute approximate surface area is 192 Å². The van der Waals surface area contributed by atoms with Crippen LogP contribution >= 0.6 is 11.6 Å². The van der Waals surface area contributed by atoms with Gasteiger partial charge >= 0.3 is 6.09 Å². The molecule has 176 valence electrons. The predicted octanol–water partition coefficient (Wildman–Crippen LogP) is 6.46. The van der Waals surface area contributed by atoms with Crippen LogP contribution in [0.15, 0.2) is 12.3 Å². The van der Waals surface area contributed by atoms with Gasteiger partial charge in [-0.2, -0.15) is 0 Å². The minimum atomic E-state index is -1.99. The first kappa shape index (κ1) is 26.1. The number of piperidine rings is 1. The van der Waals surface area contributed by atoms with Crippen LogP contribution in [0.5, 0.6) is 0 Å². The summed E-state index contributed by atoms with van der Waals surface area (Å²) in [6, 6.07) is 1.31. The van der Waals surface area contributed by atoms with Crippen molar-refractivity contribution in [2.75, 3.05) is 19.7 Å². The third kappa shape index (κ3) is 7.16. The van der Waals surface area contributed by atoms with Crippen molar-refractivity contribution in [1.29, 1.82) is 0 Å². The molecule has 0 aromatic carbocycles. The number of likely N-dealkylation sites (tertiary alicyclic amines) is 1. The Hall–Kier alpha value is -1.18. The topological polar surface area (TPSA) is 51.7 Å². The van der Waals surface area contributed by atoms with Crippen molar-refractivity contribution in [2.45, 2.75) is 84.5 Å². The van der Waals surface area contributed by atoms with Gasteiger partial charge in [-0.25, -0.2) is 9.18 Å². The van der Waals surface area contributed by atoms with Crippen LogP contribution < -0.4 is 0 Å². The molecule has 0 aliphatic carbocycles. The molecule has 0 unspecified atom stereocenters. The molecule has 1 aromatic heterocycles. The first-order chi connectivity index (χ1) is 14.0. The Morgan fingerprint density at radius 1 is 1.23 bits per heavy atom. The molecule has 8 heteroatoms. The zero-order valence-corrected chi connectivity index (χ0v) is 22.0. The minimum Gasteiger partial charge on any atom is -0.444 e. The lowest BCUT2D eigenvalue weighted by Crippen LogP contribution is -2.50. The lowest BCUT2D eigenvalue weighted by Gasteiger charge is -2.45. The molecule has 1 fully saturated rings. The predicted molar refractivity (Wildman–Crippen MR) is 126 cm³/mol. The van der Waals surface area contributed by atoms with E-state index in [1.165, 1.54) is 12.3 Å². The van der Waals surface area contributed by atoms with Gasteiger partial charge in [-0.3, -0.25) is 4.98 Å². The largest absolute Gasteiger partial charge is 0.444 e. The van der Waals surface area contributed by atoms with E-state index in [1.54, 1.807) is 4.90 Å². The third-order valence-electron chi connectivity index (χ3n) is 6.45. The highest BCUT2D eigenvalue weighted by Crippen LogP contribution is 2.41. The van der Waals surface area contributed by atoms with Crippen LogP contribution in [0.4, 0.5) is 9.18 Å². The molecular weight excluding hydrogens is 435 g/mol. The Balaban J connectivity index is 2.20. The molecule has 0 N–H and O–H groups in total. The quantitative estimate of drug-likeness (QED) is 0.461. The highest BCUT2D eigenvalue weighted by atomic mass is 35.5. The second kappa shape index (κ2) is 9.36. The van der Waals surface area contributed by atoms with Crippen molar-refractivity contribution < 1.29 is 18.3 Å². The standard InChI is InChI=1S/C23H38ClFN2O3Si/c1-21(2,3)30-20(28)27-11-9-23(10-12-27,16-29-31(7,8)22(4,5)6)14-19-18(25)13-17(24)15-26-19/h13,15H,9-12,14,16H2,1-8H3. The van der Waals surface area contributed by atoms with Crippen LogP contribution in [0.2, 0.25) is 23.2 Å². The number of hydrogen-bond acceptors (Lipinski definition) is 4. The summed E-state index contributed by atoms with van der Waals surface area (Å²) < 4.78 is 26.7. The van der Waals surface area contributed by atoms with E-state index in [-0.39, 0.29) is 21.6 Å². The van der Waals surface area contributed by atoms with E-state index in [2.05, 4.69) is 38.8 Å². The monoisotopic (exact) mass is 472 g/mol. The maximum atomic E-state index is 14.6. The molecule has 0 bridgehead atoms. The van der Waals surface area contributed by atoms with Gasteiger partial charge in [-0.1, -0.05) is 32.4 Å². The second-order valence-electron chi connectivity index (χ2n) is 11.3. The van der Waals surface area contributed by atoms with E-state index in [0.717, 1.165) is 0 Å². The molecule has 1 amide bonds. The first-order valence-corrected chi connectivity index (χ1v) is 14.2. The summed E-state index contributed by atoms with van der Waals surface area (Å²) in [6.07, 6.45) is 3.03. The van der Waals surface area contributed by atoms with Crippen LogP contribution in [-0.4, -0.2) is 49.6 Å². The summed E-state index contributed by atoms with van der Waals surface area (Å²) in [5.41, 5.74) is -0.433. The summed E-state index contributed by atoms with van der Waals surface area (Å²) in [6.45, 7) is 18.3. The summed E-state index contributed by atoms with van der Waals surface area (Å²) in [4.78, 5) is 18.5. The third-order valence-corrected chi connectivity index (χ3v) is 11.1. The number of nitrogens with zero attached hydrogens (tertiary/aromatic N) is 2. The van der Waals surface area contributed by atoms with Gasteiger partial charge in [0, 0.05) is 37.7 Å². The average molecular weight is 473 g/mol. The number of carbonyl (C=O) groups excluding carboxylic acids is 1. The Morgan fingerprint density at radius 3 is 2.29 bits per heavy atom. The van der Waals surface area contributed by atoms with Gasteiger partial charge < -0.3 is 14.1 Å². The molecule has 1 aliphatic heterocycles. The fraction of sp³-hybridized carbons (Fsp3) is 0.739. The smallest absolute Gasteiger partial charge is 0.410 e. The summed E-state index contributed by atoms with van der Waals surface area (Å²) in [7, 11) is -1.99. The lowest BCUT2D eigenvalue weighted by molar-refractivity contribution is 0.000771. The molecule has 1 saturated heterocycles. The van der Waals surface area contributed by atoms with Crippen LogP contribution in [0, 0.1) is 11.2 Å². The van der Waals surface area contributed by atoms with E-state index in [9.17, 15) is 9.18 Å². The zero-order valence-electron chi connectivity index (χ0n) is 20.3. The molecule has 2 rings (SSSR count). The molecule has 2 heterocycles. The fourth-order valence-corrected chi connectivity index (χ4v) is 4.59. The molecule has 0 saturated carbocycles. The van der Waals surface area contributed by atoms with E-state index >= 15 is 0 Å². The SMILES string of the molecule is CC(C)(C)OC(=O)N1CCC(CO[Si](C)(C)C(C)(C)C)(Cc2ncc(Cl)cc2F)CC1. The average Bonchev–Trinajstić information content (AvgIpc) is 2.61. The van der Waals surface area contributed by atoms with Crippen molar-refractivity contribution in [3.8, 4) is 0 Å². The molecular formula is C23H38ClFN2O3Si. The summed E-state index contributed by atoms with van der Waals surface area (Å²) >= 11 is 5.89. The van der Waals surface area contributed by atoms with Gasteiger partial charge in [-0.05, 0) is 57.8 Å². The van der Waals surface area contributed by atoms with Gasteiger partial charge in [0.15, 0.2) is 8.32 Å². The number of rotatable bonds is 5. The van der Waals surface area contributed by atoms with Crippen molar-refractivity contribution in [1.82, 2.24) is 9.88 Å². The number of halogens is 2. The van der Waals surface area contributed by atoms with E-state index in [0.29, 0.717) is 44.7 Å². The zero-order chi connectivity index (χ0) is 23.7. The Kier molecular flexibility index (Phi) is 7.87. The summed E-state index contributed by atoms with van der Waals surface area (Å²) in [5, 5.41) is 0.363. The van der Waals surface area contributed by atoms with Crippen LogP contribution in [0.25, 0.3) is 0 Å². The Morgan fingerprint density at radius 2 is 1.81 bits per heavy atom. The molecule has 5 nitrogen and oxygen atoms in total. The second-order valence-corrected chi connectivity index (χ2v) is 16.5. The number of ether oxygens (including phenoxy) is 1. The number of carbonyl (C=O) groups is 1. The van der Waals surface area contributed by atoms with Crippen molar-refractivity contribution in [3.63, 3.8) is 0 Å². The molecule has 1 aliphatic rings. The normalized spacial score (nSPS) is 17.5. The lowest BCUT2D eigenvalue weighted by atomic mass is 9.75. The molecule has 0 radical (unpaired) electrons. The summed E-state index contributed by atoms with van der Waals surface area (Å²) in [5.74, 6) is -0.395. The van der Waals surface area contributed by atoms with Crippen molar-refractivity contribution in [2.24, 2.45) is 5.41 Å². The van der Waals surface area contributed by atoms with E-state index < -0.39 is 19.7 Å². The highest BCUT2D eigenvalue weighted by Gasteiger charge is 2.43. The highest BCUT2D eigenvalue weighted by molar-refractivity contribution is 6.74. The van der Waals surface area contributed by atoms with Gasteiger partial charge in [0.1, 0.15) is 11.4 Å². The first-order valence-electron chi connectivity index (χ1n) is 11.0. The van der Waals surface area contributed by atoms with Crippen LogP contribution in [0.1, 0.15) is 60.1 Å². The van der Waals surface area contributed by atoms with E-state index in [1.807, 2.05) is 20.8 Å². The van der Waals surface area contributed by atoms with Gasteiger partial charge in [0.2, 0.25) is 0 Å². The van der Waals surface area contributed by atoms with E-state index in [4.69, 9.17) is 20.8 Å². The number of hydrogen-bond donors (Lipinski definition) is 0. The maximum Gasteiger partial charge on any atom is 0.410 e. The van der Waals surface area contributed by atoms with Gasteiger partial charge in [-0.15, -0.1) is 0 Å². The van der Waals surface area contributed by atoms with Crippen LogP contribution in [-0.2, 0) is 15.6 Å². The molecule has 1 aromatic rings. The number of amides is 1. The molecule has 0 spiro atoms. The van der Waals surface area contributed by atoms with Gasteiger partial charge in [0.05, 0.1) is 10.7 Å². The molecule has 0 atom stereocenters. The Bertz CT molecular complexity index is 782. The van der Waals surface area contributed by atoms with Crippen molar-refractivity contribution >= 4 is 26.0 Å². The fourth-order valence-electron chi connectivity index (χ4n) is 3.34. The maximum absolute atomic E-state index is 14.6. The minimum absolute atomic E-state index is 0.0786. The van der Waals surface area contributed by atoms with Crippen molar-refractivity contribution in [3.05, 3.63) is 28.8 Å². The number of pyridine rings is 1. The van der Waals surface area contributed by atoms with Gasteiger partial charge in [0.25, 0.3) is 0 Å². The van der Waals surface area contributed by atoms with Crippen LogP contribution in [0.3, 0.4) is 0 Å². The molecule has 31 heavy (non-hydrogen) atoms.